The average Bonchev–Trinajstić information content (AvgIpc) is 2.74. The number of methoxy groups -OCH3 is 1. The molecule has 0 unspecified atom stereocenters. The van der Waals surface area contributed by atoms with Crippen molar-refractivity contribution in [2.75, 3.05) is 17.1 Å². The van der Waals surface area contributed by atoms with Crippen LogP contribution in [0.15, 0.2) is 65.6 Å². The topological polar surface area (TPSA) is 84.5 Å². The third-order valence-electron chi connectivity index (χ3n) is 4.48. The number of nitrogens with one attached hydrogen (secondary N) is 2. The molecule has 0 aliphatic heterocycles. The van der Waals surface area contributed by atoms with Gasteiger partial charge >= 0.3 is 0 Å². The number of halogens is 3. The summed E-state index contributed by atoms with van der Waals surface area (Å²) in [5.74, 6) is -2.08. The predicted molar refractivity (Wildman–Crippen MR) is 114 cm³/mol. The Balaban J connectivity index is 1.73. The molecule has 0 atom stereocenters. The first-order valence-corrected chi connectivity index (χ1v) is 10.9. The number of carbonyl (C=O) groups excluding carboxylic acids is 1. The van der Waals surface area contributed by atoms with E-state index in [9.17, 15) is 26.4 Å². The van der Waals surface area contributed by atoms with E-state index in [4.69, 9.17) is 4.74 Å². The molecular formula is C22H19F3N2O4S. The first kappa shape index (κ1) is 23.1. The van der Waals surface area contributed by atoms with Crippen LogP contribution < -0.4 is 14.8 Å². The summed E-state index contributed by atoms with van der Waals surface area (Å²) in [5.41, 5.74) is 0.376. The zero-order valence-corrected chi connectivity index (χ0v) is 17.7. The van der Waals surface area contributed by atoms with Crippen molar-refractivity contribution in [3.8, 4) is 5.75 Å². The van der Waals surface area contributed by atoms with Crippen LogP contribution in [0.5, 0.6) is 5.75 Å². The summed E-state index contributed by atoms with van der Waals surface area (Å²) in [6, 6.07) is 11.6. The quantitative estimate of drug-likeness (QED) is 0.515. The number of amides is 1. The lowest BCUT2D eigenvalue weighted by atomic mass is 10.1. The van der Waals surface area contributed by atoms with E-state index in [1.54, 1.807) is 0 Å². The summed E-state index contributed by atoms with van der Waals surface area (Å²) in [6.45, 7) is 0. The second kappa shape index (κ2) is 9.73. The Morgan fingerprint density at radius 1 is 0.938 bits per heavy atom. The largest absolute Gasteiger partial charge is 0.495 e. The van der Waals surface area contributed by atoms with E-state index in [1.165, 1.54) is 25.3 Å². The summed E-state index contributed by atoms with van der Waals surface area (Å²) in [5, 5.41) is 2.58. The van der Waals surface area contributed by atoms with Crippen molar-refractivity contribution in [2.24, 2.45) is 0 Å². The molecule has 3 aromatic carbocycles. The van der Waals surface area contributed by atoms with Gasteiger partial charge in [-0.25, -0.2) is 21.6 Å². The van der Waals surface area contributed by atoms with Gasteiger partial charge in [0.05, 0.1) is 17.7 Å². The summed E-state index contributed by atoms with van der Waals surface area (Å²) in [4.78, 5) is 12.1. The van der Waals surface area contributed by atoms with Gasteiger partial charge in [0.1, 0.15) is 23.2 Å². The molecule has 0 saturated heterocycles. The fraction of sp³-hybridized carbons (Fsp3) is 0.136. The van der Waals surface area contributed by atoms with Crippen LogP contribution in [0.2, 0.25) is 0 Å². The smallest absolute Gasteiger partial charge is 0.262 e. The van der Waals surface area contributed by atoms with Crippen LogP contribution in [0, 0.1) is 17.5 Å². The first-order chi connectivity index (χ1) is 15.2. The molecule has 0 aliphatic rings. The van der Waals surface area contributed by atoms with Gasteiger partial charge in [-0.3, -0.25) is 9.52 Å². The van der Waals surface area contributed by atoms with Gasteiger partial charge in [0.15, 0.2) is 0 Å². The minimum absolute atomic E-state index is 0.0182. The maximum absolute atomic E-state index is 13.7. The van der Waals surface area contributed by atoms with Crippen LogP contribution in [-0.2, 0) is 21.2 Å². The van der Waals surface area contributed by atoms with Gasteiger partial charge in [-0.2, -0.15) is 0 Å². The summed E-state index contributed by atoms with van der Waals surface area (Å²) in [6.07, 6.45) is -0.140. The van der Waals surface area contributed by atoms with Crippen molar-refractivity contribution in [1.29, 1.82) is 0 Å². The zero-order chi connectivity index (χ0) is 23.3. The highest BCUT2D eigenvalue weighted by Gasteiger charge is 2.18. The number of aryl methyl sites for hydroxylation is 1. The van der Waals surface area contributed by atoms with Crippen molar-refractivity contribution in [3.63, 3.8) is 0 Å². The molecule has 10 heteroatoms. The highest BCUT2D eigenvalue weighted by atomic mass is 32.2. The number of hydrogen-bond acceptors (Lipinski definition) is 4. The van der Waals surface area contributed by atoms with E-state index in [2.05, 4.69) is 10.0 Å². The Hall–Kier alpha value is -3.53. The van der Waals surface area contributed by atoms with Crippen molar-refractivity contribution in [3.05, 3.63) is 83.7 Å². The number of anilines is 2. The molecular weight excluding hydrogens is 445 g/mol. The first-order valence-electron chi connectivity index (χ1n) is 9.38. The van der Waals surface area contributed by atoms with Gasteiger partial charge in [0.2, 0.25) is 5.91 Å². The Morgan fingerprint density at radius 2 is 1.62 bits per heavy atom. The third kappa shape index (κ3) is 5.79. The van der Waals surface area contributed by atoms with E-state index in [0.717, 1.165) is 42.5 Å². The summed E-state index contributed by atoms with van der Waals surface area (Å²) in [7, 11) is -2.71. The molecule has 0 aromatic heterocycles. The number of rotatable bonds is 8. The lowest BCUT2D eigenvalue weighted by Crippen LogP contribution is -2.15. The Labute approximate surface area is 183 Å². The molecule has 3 aromatic rings. The van der Waals surface area contributed by atoms with Crippen LogP contribution in [0.25, 0.3) is 0 Å². The van der Waals surface area contributed by atoms with Crippen molar-refractivity contribution < 1.29 is 31.1 Å². The minimum Gasteiger partial charge on any atom is -0.495 e. The SMILES string of the molecule is COc1ccc(NC(=O)CCc2cc(F)ccc2F)cc1NS(=O)(=O)c1ccc(F)cc1. The van der Waals surface area contributed by atoms with Crippen LogP contribution >= 0.6 is 0 Å². The van der Waals surface area contributed by atoms with Gasteiger partial charge in [-0.15, -0.1) is 0 Å². The highest BCUT2D eigenvalue weighted by Crippen LogP contribution is 2.30. The predicted octanol–water partition coefficient (Wildman–Crippen LogP) is 4.48. The lowest BCUT2D eigenvalue weighted by Gasteiger charge is -2.14. The Morgan fingerprint density at radius 3 is 2.31 bits per heavy atom. The maximum Gasteiger partial charge on any atom is 0.262 e. The van der Waals surface area contributed by atoms with Gasteiger partial charge < -0.3 is 10.1 Å². The number of hydrogen-bond donors (Lipinski definition) is 2. The van der Waals surface area contributed by atoms with Gasteiger partial charge in [0.25, 0.3) is 10.0 Å². The molecule has 1 amide bonds. The van der Waals surface area contributed by atoms with Gasteiger partial charge in [-0.1, -0.05) is 0 Å². The van der Waals surface area contributed by atoms with Gasteiger partial charge in [-0.05, 0) is 72.6 Å². The van der Waals surface area contributed by atoms with E-state index < -0.39 is 33.4 Å². The maximum atomic E-state index is 13.7. The van der Waals surface area contributed by atoms with E-state index in [-0.39, 0.29) is 40.4 Å². The van der Waals surface area contributed by atoms with Crippen LogP contribution in [0.1, 0.15) is 12.0 Å². The average molecular weight is 464 g/mol. The van der Waals surface area contributed by atoms with Crippen LogP contribution in [-0.4, -0.2) is 21.4 Å². The van der Waals surface area contributed by atoms with Crippen LogP contribution in [0.4, 0.5) is 24.5 Å². The third-order valence-corrected chi connectivity index (χ3v) is 5.86. The number of ether oxygens (including phenoxy) is 1. The molecule has 0 aliphatic carbocycles. The van der Waals surface area contributed by atoms with Crippen molar-refractivity contribution in [2.45, 2.75) is 17.7 Å². The number of benzene rings is 3. The van der Waals surface area contributed by atoms with Crippen LogP contribution in [0.3, 0.4) is 0 Å². The molecule has 0 fully saturated rings. The second-order valence-corrected chi connectivity index (χ2v) is 8.44. The molecule has 0 radical (unpaired) electrons. The lowest BCUT2D eigenvalue weighted by molar-refractivity contribution is -0.116. The molecule has 6 nitrogen and oxygen atoms in total. The van der Waals surface area contributed by atoms with E-state index >= 15 is 0 Å². The minimum atomic E-state index is -4.05. The molecule has 3 rings (SSSR count). The molecule has 0 heterocycles. The van der Waals surface area contributed by atoms with Crippen molar-refractivity contribution in [1.82, 2.24) is 0 Å². The molecule has 0 saturated carbocycles. The number of sulfonamides is 1. The normalized spacial score (nSPS) is 11.1. The summed E-state index contributed by atoms with van der Waals surface area (Å²) >= 11 is 0. The Kier molecular flexibility index (Phi) is 7.04. The van der Waals surface area contributed by atoms with E-state index in [0.29, 0.717) is 0 Å². The fourth-order valence-corrected chi connectivity index (χ4v) is 3.95. The Bertz CT molecular complexity index is 1230. The monoisotopic (exact) mass is 464 g/mol. The van der Waals surface area contributed by atoms with Crippen molar-refractivity contribution >= 4 is 27.3 Å². The molecule has 2 N–H and O–H groups in total. The standard InChI is InChI=1S/C22H19F3N2O4S/c1-31-21-10-6-17(26-22(28)11-2-14-12-16(24)5-9-19(14)25)13-20(21)27-32(29,30)18-7-3-15(23)4-8-18/h3-10,12-13,27H,2,11H2,1H3,(H,26,28). The van der Waals surface area contributed by atoms with E-state index in [1.807, 2.05) is 0 Å². The molecule has 168 valence electrons. The number of carbonyl (C=O) groups is 1. The zero-order valence-electron chi connectivity index (χ0n) is 16.9. The molecule has 32 heavy (non-hydrogen) atoms. The second-order valence-electron chi connectivity index (χ2n) is 6.76. The molecule has 0 spiro atoms. The molecule has 0 bridgehead atoms. The summed E-state index contributed by atoms with van der Waals surface area (Å²) < 4.78 is 72.7. The fourth-order valence-electron chi connectivity index (χ4n) is 2.89. The van der Waals surface area contributed by atoms with Gasteiger partial charge in [0, 0.05) is 12.1 Å². The highest BCUT2D eigenvalue weighted by molar-refractivity contribution is 7.92.